The summed E-state index contributed by atoms with van der Waals surface area (Å²) in [6, 6.07) is 6.41. The van der Waals surface area contributed by atoms with Crippen molar-refractivity contribution in [2.75, 3.05) is 14.2 Å². The van der Waals surface area contributed by atoms with Crippen LogP contribution in [-0.2, 0) is 10.0 Å². The molecule has 2 aromatic rings. The molecule has 0 bridgehead atoms. The molecule has 0 amide bonds. The first-order valence-corrected chi connectivity index (χ1v) is 7.09. The predicted octanol–water partition coefficient (Wildman–Crippen LogP) is 0.808. The summed E-state index contributed by atoms with van der Waals surface area (Å²) in [5, 5.41) is 5.21. The number of rotatable bonds is 4. The van der Waals surface area contributed by atoms with Crippen LogP contribution in [0.5, 0.6) is 11.9 Å². The van der Waals surface area contributed by atoms with Crippen molar-refractivity contribution in [3.8, 4) is 23.0 Å². The molecule has 0 fully saturated rings. The average molecular weight is 295 g/mol. The molecule has 0 saturated carbocycles. The minimum absolute atomic E-state index is 0.0212. The van der Waals surface area contributed by atoms with Gasteiger partial charge in [-0.3, -0.25) is 0 Å². The molecule has 0 aliphatic carbocycles. The fourth-order valence-electron chi connectivity index (χ4n) is 1.73. The van der Waals surface area contributed by atoms with Gasteiger partial charge in [-0.25, -0.2) is 18.5 Å². The van der Waals surface area contributed by atoms with Gasteiger partial charge in [-0.05, 0) is 6.07 Å². The van der Waals surface area contributed by atoms with Crippen LogP contribution in [0, 0.1) is 0 Å². The number of methoxy groups -OCH3 is 2. The van der Waals surface area contributed by atoms with E-state index in [1.165, 1.54) is 26.5 Å². The zero-order chi connectivity index (χ0) is 14.8. The number of hydrogen-bond acceptors (Lipinski definition) is 6. The molecule has 1 aromatic heterocycles. The van der Waals surface area contributed by atoms with Crippen molar-refractivity contribution >= 4 is 10.0 Å². The van der Waals surface area contributed by atoms with E-state index >= 15 is 0 Å². The molecular formula is C12H13N3O4S. The van der Waals surface area contributed by atoms with Crippen molar-refractivity contribution in [2.24, 2.45) is 5.14 Å². The molecule has 106 valence electrons. The fraction of sp³-hybridized carbons (Fsp3) is 0.167. The molecule has 0 saturated heterocycles. The van der Waals surface area contributed by atoms with Crippen LogP contribution >= 0.6 is 0 Å². The number of sulfonamides is 1. The topological polar surface area (TPSA) is 104 Å². The molecule has 1 aromatic carbocycles. The molecule has 7 nitrogen and oxygen atoms in total. The lowest BCUT2D eigenvalue weighted by Gasteiger charge is -2.11. The monoisotopic (exact) mass is 295 g/mol. The van der Waals surface area contributed by atoms with Crippen LogP contribution in [0.3, 0.4) is 0 Å². The third-order valence-corrected chi connectivity index (χ3v) is 3.56. The number of primary sulfonamides is 1. The number of nitrogens with two attached hydrogens (primary N) is 1. The first kappa shape index (κ1) is 14.2. The van der Waals surface area contributed by atoms with Crippen LogP contribution < -0.4 is 14.6 Å². The van der Waals surface area contributed by atoms with E-state index in [1.807, 2.05) is 0 Å². The summed E-state index contributed by atoms with van der Waals surface area (Å²) in [6.45, 7) is 0. The second-order valence-corrected chi connectivity index (χ2v) is 5.35. The highest BCUT2D eigenvalue weighted by atomic mass is 32.2. The third kappa shape index (κ3) is 2.70. The number of aromatic nitrogens is 2. The standard InChI is InChI=1S/C12H13N3O4S/c1-18-11-9(7-14-12(15-11)19-2)8-5-3-4-6-10(8)20(13,16)17/h3-7H,1-2H3,(H2,13,16,17). The van der Waals surface area contributed by atoms with Gasteiger partial charge in [0.2, 0.25) is 15.9 Å². The maximum absolute atomic E-state index is 11.6. The Balaban J connectivity index is 2.69. The van der Waals surface area contributed by atoms with E-state index in [0.29, 0.717) is 11.1 Å². The smallest absolute Gasteiger partial charge is 0.319 e. The normalized spacial score (nSPS) is 11.2. The van der Waals surface area contributed by atoms with Crippen LogP contribution in [-0.4, -0.2) is 32.6 Å². The van der Waals surface area contributed by atoms with Crippen LogP contribution in [0.25, 0.3) is 11.1 Å². The van der Waals surface area contributed by atoms with Gasteiger partial charge in [-0.15, -0.1) is 0 Å². The first-order valence-electron chi connectivity index (χ1n) is 5.54. The SMILES string of the molecule is COc1ncc(-c2ccccc2S(N)(=O)=O)c(OC)n1. The highest BCUT2D eigenvalue weighted by Gasteiger charge is 2.19. The number of hydrogen-bond donors (Lipinski definition) is 1. The lowest BCUT2D eigenvalue weighted by atomic mass is 10.1. The zero-order valence-electron chi connectivity index (χ0n) is 10.9. The maximum atomic E-state index is 11.6. The van der Waals surface area contributed by atoms with Crippen molar-refractivity contribution in [1.82, 2.24) is 9.97 Å². The molecule has 1 heterocycles. The van der Waals surface area contributed by atoms with Crippen LogP contribution in [0.2, 0.25) is 0 Å². The number of ether oxygens (including phenoxy) is 2. The minimum Gasteiger partial charge on any atom is -0.480 e. The van der Waals surface area contributed by atoms with Crippen molar-refractivity contribution in [3.05, 3.63) is 30.5 Å². The van der Waals surface area contributed by atoms with Crippen LogP contribution in [0.4, 0.5) is 0 Å². The van der Waals surface area contributed by atoms with E-state index in [0.717, 1.165) is 0 Å². The predicted molar refractivity (Wildman–Crippen MR) is 71.9 cm³/mol. The summed E-state index contributed by atoms with van der Waals surface area (Å²) >= 11 is 0. The summed E-state index contributed by atoms with van der Waals surface area (Å²) in [6.07, 6.45) is 1.43. The molecule has 0 aliphatic rings. The summed E-state index contributed by atoms with van der Waals surface area (Å²) in [7, 11) is -1.02. The van der Waals surface area contributed by atoms with Gasteiger partial charge in [0.1, 0.15) is 0 Å². The maximum Gasteiger partial charge on any atom is 0.319 e. The second-order valence-electron chi connectivity index (χ2n) is 3.82. The molecule has 0 spiro atoms. The number of nitrogens with zero attached hydrogens (tertiary/aromatic N) is 2. The van der Waals surface area contributed by atoms with E-state index < -0.39 is 10.0 Å². The summed E-state index contributed by atoms with van der Waals surface area (Å²) in [4.78, 5) is 7.95. The van der Waals surface area contributed by atoms with E-state index in [9.17, 15) is 8.42 Å². The molecule has 8 heteroatoms. The summed E-state index contributed by atoms with van der Waals surface area (Å²) < 4.78 is 33.3. The lowest BCUT2D eigenvalue weighted by Crippen LogP contribution is -2.13. The van der Waals surface area contributed by atoms with E-state index in [1.54, 1.807) is 18.2 Å². The fourth-order valence-corrected chi connectivity index (χ4v) is 2.48. The quantitative estimate of drug-likeness (QED) is 0.895. The Morgan fingerprint density at radius 3 is 2.40 bits per heavy atom. The Morgan fingerprint density at radius 1 is 1.10 bits per heavy atom. The van der Waals surface area contributed by atoms with Gasteiger partial charge in [0, 0.05) is 11.8 Å². The lowest BCUT2D eigenvalue weighted by molar-refractivity contribution is 0.353. The zero-order valence-corrected chi connectivity index (χ0v) is 11.7. The Labute approximate surface area is 116 Å². The molecule has 2 rings (SSSR count). The number of benzene rings is 1. The Morgan fingerprint density at radius 2 is 1.80 bits per heavy atom. The largest absolute Gasteiger partial charge is 0.480 e. The van der Waals surface area contributed by atoms with Gasteiger partial charge >= 0.3 is 6.01 Å². The van der Waals surface area contributed by atoms with E-state index in [-0.39, 0.29) is 16.8 Å². The van der Waals surface area contributed by atoms with Crippen LogP contribution in [0.15, 0.2) is 35.4 Å². The van der Waals surface area contributed by atoms with Gasteiger partial charge in [-0.1, -0.05) is 18.2 Å². The molecular weight excluding hydrogens is 282 g/mol. The third-order valence-electron chi connectivity index (χ3n) is 2.59. The minimum atomic E-state index is -3.86. The molecule has 0 atom stereocenters. The van der Waals surface area contributed by atoms with Crippen LogP contribution in [0.1, 0.15) is 0 Å². The molecule has 0 radical (unpaired) electrons. The molecule has 2 N–H and O–H groups in total. The molecule has 20 heavy (non-hydrogen) atoms. The summed E-state index contributed by atoms with van der Waals surface area (Å²) in [5.41, 5.74) is 0.785. The van der Waals surface area contributed by atoms with Crippen molar-refractivity contribution < 1.29 is 17.9 Å². The highest BCUT2D eigenvalue weighted by Crippen LogP contribution is 2.32. The van der Waals surface area contributed by atoms with Gasteiger partial charge in [0.25, 0.3) is 0 Å². The highest BCUT2D eigenvalue weighted by molar-refractivity contribution is 7.89. The van der Waals surface area contributed by atoms with Gasteiger partial charge in [0.15, 0.2) is 0 Å². The molecule has 0 aliphatic heterocycles. The van der Waals surface area contributed by atoms with Gasteiger partial charge in [-0.2, -0.15) is 4.98 Å². The molecule has 0 unspecified atom stereocenters. The first-order chi connectivity index (χ1) is 9.47. The summed E-state index contributed by atoms with van der Waals surface area (Å²) in [5.74, 6) is 0.202. The van der Waals surface area contributed by atoms with Crippen molar-refractivity contribution in [2.45, 2.75) is 4.90 Å². The van der Waals surface area contributed by atoms with Crippen molar-refractivity contribution in [1.29, 1.82) is 0 Å². The average Bonchev–Trinajstić information content (AvgIpc) is 2.45. The Bertz CT molecular complexity index is 731. The van der Waals surface area contributed by atoms with Gasteiger partial charge in [0.05, 0.1) is 24.7 Å². The van der Waals surface area contributed by atoms with Crippen molar-refractivity contribution in [3.63, 3.8) is 0 Å². The van der Waals surface area contributed by atoms with Gasteiger partial charge < -0.3 is 9.47 Å². The Hall–Kier alpha value is -2.19. The van der Waals surface area contributed by atoms with E-state index in [4.69, 9.17) is 14.6 Å². The van der Waals surface area contributed by atoms with E-state index in [2.05, 4.69) is 9.97 Å². The Kier molecular flexibility index (Phi) is 3.86. The second kappa shape index (κ2) is 5.43.